The minimum atomic E-state index is 0.250. The fourth-order valence-corrected chi connectivity index (χ4v) is 9.25. The maximum atomic E-state index is 8.00. The largest absolute Gasteiger partial charge is 0.319 e. The van der Waals surface area contributed by atoms with Crippen LogP contribution in [0.3, 0.4) is 0 Å². The van der Waals surface area contributed by atoms with E-state index in [4.69, 9.17) is 4.79 Å². The molecule has 4 aliphatic rings. The van der Waals surface area contributed by atoms with E-state index < -0.39 is 0 Å². The van der Waals surface area contributed by atoms with E-state index >= 15 is 0 Å². The third-order valence-corrected chi connectivity index (χ3v) is 9.81. The molecule has 15 heteroatoms. The van der Waals surface area contributed by atoms with E-state index in [1.807, 2.05) is 6.79 Å². The molecule has 4 aliphatic heterocycles. The van der Waals surface area contributed by atoms with E-state index in [1.165, 1.54) is 0 Å². The second kappa shape index (κ2) is 26.4. The third kappa shape index (κ3) is 22.0. The van der Waals surface area contributed by atoms with Crippen molar-refractivity contribution in [1.82, 2.24) is 58.8 Å². The molecule has 4 heterocycles. The highest BCUT2D eigenvalue weighted by atomic mass is 16.1. The highest BCUT2D eigenvalue weighted by Gasteiger charge is 2.34. The predicted octanol–water partition coefficient (Wildman–Crippen LogP) is 3.03. The van der Waals surface area contributed by atoms with Gasteiger partial charge in [-0.3, -0.25) is 58.8 Å². The van der Waals surface area contributed by atoms with E-state index in [2.05, 4.69) is 160 Å². The normalized spacial score (nSPS) is 22.6. The van der Waals surface area contributed by atoms with Crippen LogP contribution in [0.1, 0.15) is 90.0 Å². The Morgan fingerprint density at radius 1 is 0.368 bits per heavy atom. The zero-order valence-electron chi connectivity index (χ0n) is 39.6. The lowest BCUT2D eigenvalue weighted by Gasteiger charge is -2.51. The second-order valence-electron chi connectivity index (χ2n) is 21.0. The quantitative estimate of drug-likeness (QED) is 0.210. The van der Waals surface area contributed by atoms with Crippen LogP contribution in [0.4, 0.5) is 0 Å². The Hall–Kier alpha value is -0.890. The van der Waals surface area contributed by atoms with Crippen LogP contribution in [0, 0.1) is 35.0 Å². The van der Waals surface area contributed by atoms with Crippen LogP contribution < -0.4 is 11.5 Å². The van der Waals surface area contributed by atoms with Crippen molar-refractivity contribution in [2.45, 2.75) is 90.0 Å². The molecule has 0 amide bonds. The molecule has 0 atom stereocenters. The van der Waals surface area contributed by atoms with Crippen LogP contribution in [0.15, 0.2) is 0 Å². The van der Waals surface area contributed by atoms with Gasteiger partial charge in [0.15, 0.2) is 0 Å². The average molecular weight is 811 g/mol. The molecule has 338 valence electrons. The molecule has 4 rings (SSSR count). The minimum absolute atomic E-state index is 0.250. The minimum Gasteiger partial charge on any atom is -0.319 e. The molecular weight excluding hydrogens is 717 g/mol. The molecule has 0 spiro atoms. The van der Waals surface area contributed by atoms with Gasteiger partial charge in [-0.25, -0.2) is 0 Å². The van der Waals surface area contributed by atoms with E-state index in [9.17, 15) is 0 Å². The monoisotopic (exact) mass is 811 g/mol. The number of hydrogen-bond acceptors (Lipinski definition) is 15. The Bertz CT molecular complexity index is 957. The summed E-state index contributed by atoms with van der Waals surface area (Å²) >= 11 is 0. The fourth-order valence-electron chi connectivity index (χ4n) is 9.25. The maximum Gasteiger partial charge on any atom is 0.106 e. The van der Waals surface area contributed by atoms with Crippen LogP contribution >= 0.6 is 0 Å². The summed E-state index contributed by atoms with van der Waals surface area (Å²) in [6, 6.07) is 0. The summed E-state index contributed by atoms with van der Waals surface area (Å²) in [5.41, 5.74) is 9.54. The Kier molecular flexibility index (Phi) is 24.2. The van der Waals surface area contributed by atoms with Gasteiger partial charge < -0.3 is 16.3 Å². The Balaban J connectivity index is 0.00000214. The Morgan fingerprint density at radius 2 is 0.526 bits per heavy atom. The molecule has 0 aromatic heterocycles. The van der Waals surface area contributed by atoms with Crippen molar-refractivity contribution < 1.29 is 4.79 Å². The van der Waals surface area contributed by atoms with Crippen molar-refractivity contribution in [2.24, 2.45) is 46.5 Å². The number of hydrogen-bond donors (Lipinski definition) is 2. The molecule has 0 aliphatic carbocycles. The summed E-state index contributed by atoms with van der Waals surface area (Å²) in [5, 5.41) is 0. The first-order valence-electron chi connectivity index (χ1n) is 22.2. The van der Waals surface area contributed by atoms with Gasteiger partial charge in [-0.15, -0.1) is 0 Å². The number of rotatable bonds is 17. The van der Waals surface area contributed by atoms with Crippen molar-refractivity contribution in [1.29, 1.82) is 0 Å². The average Bonchev–Trinajstić information content (AvgIpc) is 3.03. The number of carbonyl (C=O) groups is 1. The zero-order valence-corrected chi connectivity index (χ0v) is 39.6. The predicted molar refractivity (Wildman–Crippen MR) is 238 cm³/mol. The molecule has 15 nitrogen and oxygen atoms in total. The molecular formula is C42H94N14O. The summed E-state index contributed by atoms with van der Waals surface area (Å²) in [6.45, 7) is 55.6. The van der Waals surface area contributed by atoms with Crippen molar-refractivity contribution in [3.8, 4) is 0 Å². The molecule has 0 unspecified atom stereocenters. The Labute approximate surface area is 352 Å². The zero-order chi connectivity index (χ0) is 42.9. The van der Waals surface area contributed by atoms with Gasteiger partial charge in [0.1, 0.15) is 6.79 Å². The number of nitrogens with two attached hydrogens (primary N) is 2. The van der Waals surface area contributed by atoms with Gasteiger partial charge in [-0.05, 0) is 35.0 Å². The first-order chi connectivity index (χ1) is 26.8. The molecule has 4 saturated heterocycles. The van der Waals surface area contributed by atoms with Crippen molar-refractivity contribution >= 4 is 6.79 Å². The van der Waals surface area contributed by atoms with Crippen LogP contribution in [0.5, 0.6) is 0 Å². The second-order valence-corrected chi connectivity index (χ2v) is 21.0. The lowest BCUT2D eigenvalue weighted by atomic mass is 9.96. The van der Waals surface area contributed by atoms with E-state index in [0.717, 1.165) is 139 Å². The van der Waals surface area contributed by atoms with Crippen molar-refractivity contribution in [3.05, 3.63) is 0 Å². The molecule has 0 aromatic rings. The lowest BCUT2D eigenvalue weighted by molar-refractivity contribution is -0.139. The fraction of sp³-hybridized carbons (Fsp3) is 0.976. The standard InChI is InChI=1S/C40H86N12.CH6N2.CH2O/c1-35(2)14-41-20-42(15-36(3)4)24-47(23-41)29-50-32-51(30-48-25-43(16-37(5)6)21-44(26-48)17-38(7)8)34-52(33-50)31-49-27-45(18-39(9)10)22-46(28-49)19-40(11,12)13;2-1-3;1-2/h35-39H,14-34H2,1-13H3;1-3H2;1H2. The molecule has 4 fully saturated rings. The topological polar surface area (TPSA) is 108 Å². The van der Waals surface area contributed by atoms with Crippen molar-refractivity contribution in [2.75, 3.05) is 146 Å². The molecule has 0 aromatic carbocycles. The maximum absolute atomic E-state index is 8.00. The number of nitrogens with zero attached hydrogens (tertiary/aromatic N) is 12. The molecule has 0 bridgehead atoms. The summed E-state index contributed by atoms with van der Waals surface area (Å²) in [7, 11) is 0. The van der Waals surface area contributed by atoms with Gasteiger partial charge in [-0.1, -0.05) is 90.0 Å². The highest BCUT2D eigenvalue weighted by Crippen LogP contribution is 2.21. The highest BCUT2D eigenvalue weighted by molar-refractivity contribution is 5.11. The Morgan fingerprint density at radius 3 is 0.719 bits per heavy atom. The SMILES string of the molecule is C=O.CC(C)CN1CN(CC(C)C)CN(CN2CN(CN3CN(CC(C)C)CN(CC(C)C)C3)CN(CN3CN(CC(C)C)CN(CC(C)(C)C)C3)C2)C1.NCN. The van der Waals surface area contributed by atoms with Gasteiger partial charge in [0.25, 0.3) is 0 Å². The van der Waals surface area contributed by atoms with Crippen LogP contribution in [0.2, 0.25) is 0 Å². The van der Waals surface area contributed by atoms with E-state index in [1.54, 1.807) is 0 Å². The molecule has 0 radical (unpaired) electrons. The third-order valence-electron chi connectivity index (χ3n) is 9.81. The first-order valence-corrected chi connectivity index (χ1v) is 22.2. The van der Waals surface area contributed by atoms with Gasteiger partial charge >= 0.3 is 0 Å². The molecule has 0 saturated carbocycles. The van der Waals surface area contributed by atoms with Crippen LogP contribution in [0.25, 0.3) is 0 Å². The molecule has 4 N–H and O–H groups in total. The first kappa shape index (κ1) is 52.2. The van der Waals surface area contributed by atoms with Crippen LogP contribution in [-0.2, 0) is 4.79 Å². The van der Waals surface area contributed by atoms with Gasteiger partial charge in [-0.2, -0.15) is 0 Å². The number of carbonyl (C=O) groups excluding carboxylic acids is 1. The van der Waals surface area contributed by atoms with Crippen molar-refractivity contribution in [3.63, 3.8) is 0 Å². The van der Waals surface area contributed by atoms with Gasteiger partial charge in [0, 0.05) is 45.9 Å². The summed E-state index contributed by atoms with van der Waals surface area (Å²) in [6.07, 6.45) is 0. The lowest BCUT2D eigenvalue weighted by Crippen LogP contribution is -2.65. The van der Waals surface area contributed by atoms with Gasteiger partial charge in [0.05, 0.1) is 100 Å². The smallest absolute Gasteiger partial charge is 0.106 e. The van der Waals surface area contributed by atoms with Crippen LogP contribution in [-0.4, -0.2) is 212 Å². The molecule has 57 heavy (non-hydrogen) atoms. The van der Waals surface area contributed by atoms with E-state index in [-0.39, 0.29) is 12.1 Å². The summed E-state index contributed by atoms with van der Waals surface area (Å²) in [5.74, 6) is 3.37. The summed E-state index contributed by atoms with van der Waals surface area (Å²) in [4.78, 5) is 40.4. The van der Waals surface area contributed by atoms with E-state index in [0.29, 0.717) is 29.6 Å². The summed E-state index contributed by atoms with van der Waals surface area (Å²) < 4.78 is 0. The van der Waals surface area contributed by atoms with Gasteiger partial charge in [0.2, 0.25) is 0 Å².